The van der Waals surface area contributed by atoms with Gasteiger partial charge in [-0.25, -0.2) is 0 Å². The van der Waals surface area contributed by atoms with Gasteiger partial charge >= 0.3 is 0 Å². The van der Waals surface area contributed by atoms with Crippen molar-refractivity contribution in [3.8, 4) is 0 Å². The summed E-state index contributed by atoms with van der Waals surface area (Å²) in [5, 5.41) is 4.40. The van der Waals surface area contributed by atoms with E-state index < -0.39 is 0 Å². The number of aromatic nitrogens is 2. The van der Waals surface area contributed by atoms with Gasteiger partial charge in [0.15, 0.2) is 0 Å². The third-order valence-corrected chi connectivity index (χ3v) is 3.42. The van der Waals surface area contributed by atoms with Crippen LogP contribution in [0, 0.1) is 0 Å². The van der Waals surface area contributed by atoms with Gasteiger partial charge in [0, 0.05) is 31.4 Å². The highest BCUT2D eigenvalue weighted by atomic mass is 15.3. The van der Waals surface area contributed by atoms with Crippen molar-refractivity contribution >= 4 is 0 Å². The van der Waals surface area contributed by atoms with Crippen molar-refractivity contribution < 1.29 is 0 Å². The number of likely N-dealkylation sites (tertiary alicyclic amines) is 1. The molecule has 4 heteroatoms. The Kier molecular flexibility index (Phi) is 3.04. The SMILES string of the molecule is CC(C)(C)N1CCC(n2nccc2CN)C1. The maximum Gasteiger partial charge on any atom is 0.0662 e. The first kappa shape index (κ1) is 11.6. The van der Waals surface area contributed by atoms with Gasteiger partial charge in [-0.05, 0) is 33.3 Å². The van der Waals surface area contributed by atoms with E-state index in [4.69, 9.17) is 5.73 Å². The zero-order chi connectivity index (χ0) is 11.8. The second-order valence-corrected chi connectivity index (χ2v) is 5.53. The first-order valence-electron chi connectivity index (χ1n) is 6.00. The van der Waals surface area contributed by atoms with E-state index in [2.05, 4.69) is 35.5 Å². The smallest absolute Gasteiger partial charge is 0.0662 e. The molecule has 1 atom stereocenters. The van der Waals surface area contributed by atoms with E-state index in [0.29, 0.717) is 12.6 Å². The molecule has 1 fully saturated rings. The van der Waals surface area contributed by atoms with Gasteiger partial charge < -0.3 is 5.73 Å². The summed E-state index contributed by atoms with van der Waals surface area (Å²) in [4.78, 5) is 2.51. The number of nitrogens with zero attached hydrogens (tertiary/aromatic N) is 3. The van der Waals surface area contributed by atoms with E-state index in [1.54, 1.807) is 0 Å². The van der Waals surface area contributed by atoms with E-state index in [0.717, 1.165) is 18.8 Å². The number of hydrogen-bond donors (Lipinski definition) is 1. The molecule has 0 aromatic carbocycles. The predicted molar refractivity (Wildman–Crippen MR) is 65.1 cm³/mol. The number of rotatable bonds is 2. The van der Waals surface area contributed by atoms with Crippen LogP contribution >= 0.6 is 0 Å². The van der Waals surface area contributed by atoms with Gasteiger partial charge in [-0.15, -0.1) is 0 Å². The normalized spacial score (nSPS) is 22.9. The second-order valence-electron chi connectivity index (χ2n) is 5.53. The van der Waals surface area contributed by atoms with E-state index in [1.165, 1.54) is 6.42 Å². The summed E-state index contributed by atoms with van der Waals surface area (Å²) >= 11 is 0. The van der Waals surface area contributed by atoms with Crippen molar-refractivity contribution in [1.29, 1.82) is 0 Å². The fourth-order valence-electron chi connectivity index (χ4n) is 2.38. The molecule has 16 heavy (non-hydrogen) atoms. The van der Waals surface area contributed by atoms with Crippen LogP contribution in [-0.4, -0.2) is 33.3 Å². The number of nitrogens with two attached hydrogens (primary N) is 1. The van der Waals surface area contributed by atoms with Gasteiger partial charge in [-0.3, -0.25) is 9.58 Å². The van der Waals surface area contributed by atoms with Gasteiger partial charge in [-0.2, -0.15) is 5.10 Å². The Morgan fingerprint density at radius 1 is 1.50 bits per heavy atom. The van der Waals surface area contributed by atoms with Crippen LogP contribution in [0.5, 0.6) is 0 Å². The Morgan fingerprint density at radius 3 is 2.81 bits per heavy atom. The molecule has 1 aromatic heterocycles. The molecule has 1 aliphatic rings. The van der Waals surface area contributed by atoms with Gasteiger partial charge in [0.05, 0.1) is 11.7 Å². The lowest BCUT2D eigenvalue weighted by Crippen LogP contribution is -2.39. The van der Waals surface area contributed by atoms with E-state index in [9.17, 15) is 0 Å². The first-order chi connectivity index (χ1) is 7.52. The minimum atomic E-state index is 0.255. The quantitative estimate of drug-likeness (QED) is 0.822. The summed E-state index contributed by atoms with van der Waals surface area (Å²) in [5.41, 5.74) is 7.10. The molecule has 0 bridgehead atoms. The Hall–Kier alpha value is -0.870. The third-order valence-electron chi connectivity index (χ3n) is 3.42. The summed E-state index contributed by atoms with van der Waals surface area (Å²) in [6, 6.07) is 2.51. The standard InChI is InChI=1S/C12H22N4/c1-12(2,3)15-7-5-11(9-15)16-10(8-13)4-6-14-16/h4,6,11H,5,7-9,13H2,1-3H3. The minimum Gasteiger partial charge on any atom is -0.325 e. The molecule has 1 aromatic rings. The van der Waals surface area contributed by atoms with Crippen molar-refractivity contribution in [3.63, 3.8) is 0 Å². The van der Waals surface area contributed by atoms with Crippen molar-refractivity contribution in [2.24, 2.45) is 5.73 Å². The van der Waals surface area contributed by atoms with E-state index in [1.807, 2.05) is 12.3 Å². The lowest BCUT2D eigenvalue weighted by Gasteiger charge is -2.31. The Balaban J connectivity index is 2.09. The maximum atomic E-state index is 5.71. The first-order valence-corrected chi connectivity index (χ1v) is 6.00. The molecular formula is C12H22N4. The fourth-order valence-corrected chi connectivity index (χ4v) is 2.38. The van der Waals surface area contributed by atoms with Crippen LogP contribution in [0.1, 0.15) is 38.9 Å². The molecule has 2 heterocycles. The molecule has 0 spiro atoms. The largest absolute Gasteiger partial charge is 0.325 e. The zero-order valence-electron chi connectivity index (χ0n) is 10.5. The average Bonchev–Trinajstić information content (AvgIpc) is 2.84. The molecule has 0 aliphatic carbocycles. The molecule has 0 amide bonds. The van der Waals surface area contributed by atoms with E-state index >= 15 is 0 Å². The van der Waals surface area contributed by atoms with Crippen LogP contribution in [0.15, 0.2) is 12.3 Å². The highest BCUT2D eigenvalue weighted by Gasteiger charge is 2.31. The maximum absolute atomic E-state index is 5.71. The molecule has 4 nitrogen and oxygen atoms in total. The average molecular weight is 222 g/mol. The second kappa shape index (κ2) is 4.18. The lowest BCUT2D eigenvalue weighted by atomic mass is 10.1. The predicted octanol–water partition coefficient (Wildman–Crippen LogP) is 1.39. The molecule has 2 rings (SSSR count). The number of hydrogen-bond acceptors (Lipinski definition) is 3. The van der Waals surface area contributed by atoms with Crippen LogP contribution in [0.4, 0.5) is 0 Å². The van der Waals surface area contributed by atoms with Gasteiger partial charge in [-0.1, -0.05) is 0 Å². The molecule has 1 aliphatic heterocycles. The topological polar surface area (TPSA) is 47.1 Å². The highest BCUT2D eigenvalue weighted by molar-refractivity contribution is 5.03. The summed E-state index contributed by atoms with van der Waals surface area (Å²) in [6.45, 7) is 9.61. The van der Waals surface area contributed by atoms with Gasteiger partial charge in [0.2, 0.25) is 0 Å². The molecule has 1 saturated heterocycles. The van der Waals surface area contributed by atoms with Gasteiger partial charge in [0.25, 0.3) is 0 Å². The molecule has 0 saturated carbocycles. The van der Waals surface area contributed by atoms with Crippen molar-refractivity contribution in [2.45, 2.75) is 45.3 Å². The molecule has 2 N–H and O–H groups in total. The molecule has 1 unspecified atom stereocenters. The van der Waals surface area contributed by atoms with Crippen LogP contribution < -0.4 is 5.73 Å². The van der Waals surface area contributed by atoms with Crippen LogP contribution in [-0.2, 0) is 6.54 Å². The lowest BCUT2D eigenvalue weighted by molar-refractivity contribution is 0.167. The van der Waals surface area contributed by atoms with Crippen LogP contribution in [0.2, 0.25) is 0 Å². The third kappa shape index (κ3) is 2.13. The monoisotopic (exact) mass is 222 g/mol. The minimum absolute atomic E-state index is 0.255. The van der Waals surface area contributed by atoms with Crippen LogP contribution in [0.3, 0.4) is 0 Å². The zero-order valence-corrected chi connectivity index (χ0v) is 10.5. The van der Waals surface area contributed by atoms with E-state index in [-0.39, 0.29) is 5.54 Å². The Bertz CT molecular complexity index is 350. The van der Waals surface area contributed by atoms with Crippen molar-refractivity contribution in [2.75, 3.05) is 13.1 Å². The highest BCUT2D eigenvalue weighted by Crippen LogP contribution is 2.27. The summed E-state index contributed by atoms with van der Waals surface area (Å²) in [6.07, 6.45) is 3.02. The van der Waals surface area contributed by atoms with Crippen molar-refractivity contribution in [3.05, 3.63) is 18.0 Å². The van der Waals surface area contributed by atoms with Crippen LogP contribution in [0.25, 0.3) is 0 Å². The van der Waals surface area contributed by atoms with Gasteiger partial charge in [0.1, 0.15) is 0 Å². The Labute approximate surface area is 97.4 Å². The summed E-state index contributed by atoms with van der Waals surface area (Å²) < 4.78 is 2.10. The molecule has 0 radical (unpaired) electrons. The Morgan fingerprint density at radius 2 is 2.25 bits per heavy atom. The molecular weight excluding hydrogens is 200 g/mol. The van der Waals surface area contributed by atoms with Crippen molar-refractivity contribution in [1.82, 2.24) is 14.7 Å². The summed E-state index contributed by atoms with van der Waals surface area (Å²) in [7, 11) is 0. The summed E-state index contributed by atoms with van der Waals surface area (Å²) in [5.74, 6) is 0. The fraction of sp³-hybridized carbons (Fsp3) is 0.750. The molecule has 90 valence electrons.